The lowest BCUT2D eigenvalue weighted by Gasteiger charge is -2.03. The van der Waals surface area contributed by atoms with Crippen LogP contribution >= 0.6 is 0 Å². The van der Waals surface area contributed by atoms with E-state index < -0.39 is 0 Å². The topological polar surface area (TPSA) is 20.2 Å². The fourth-order valence-electron chi connectivity index (χ4n) is 1.59. The van der Waals surface area contributed by atoms with Crippen LogP contribution in [0.2, 0.25) is 0 Å². The molecule has 2 aromatic rings. The van der Waals surface area contributed by atoms with Crippen molar-refractivity contribution in [3.05, 3.63) is 54.1 Å². The van der Waals surface area contributed by atoms with E-state index in [1.807, 2.05) is 26.0 Å². The van der Waals surface area contributed by atoms with Crippen LogP contribution < -0.4 is 0 Å². The van der Waals surface area contributed by atoms with Gasteiger partial charge in [0.25, 0.3) is 0 Å². The van der Waals surface area contributed by atoms with Gasteiger partial charge in [-0.15, -0.1) is 0 Å². The van der Waals surface area contributed by atoms with Gasteiger partial charge in [0.1, 0.15) is 5.75 Å². The number of benzene rings is 2. The molecule has 1 N–H and O–H groups in total. The second kappa shape index (κ2) is 6.74. The van der Waals surface area contributed by atoms with E-state index in [-0.39, 0.29) is 0 Å². The van der Waals surface area contributed by atoms with Crippen LogP contribution in [0.15, 0.2) is 48.5 Å². The average molecular weight is 228 g/mol. The quantitative estimate of drug-likeness (QED) is 0.793. The van der Waals surface area contributed by atoms with Crippen molar-refractivity contribution in [1.82, 2.24) is 0 Å². The Kier molecular flexibility index (Phi) is 5.28. The van der Waals surface area contributed by atoms with Gasteiger partial charge in [-0.1, -0.05) is 57.2 Å². The molecule has 0 aliphatic carbocycles. The third kappa shape index (κ3) is 3.63. The monoisotopic (exact) mass is 228 g/mol. The van der Waals surface area contributed by atoms with Crippen molar-refractivity contribution in [2.24, 2.45) is 0 Å². The van der Waals surface area contributed by atoms with E-state index in [0.717, 1.165) is 12.0 Å². The number of phenolic OH excluding ortho intramolecular Hbond substituents is 1. The molecule has 1 nitrogen and oxygen atoms in total. The number of rotatable bonds is 2. The van der Waals surface area contributed by atoms with E-state index >= 15 is 0 Å². The molecule has 0 saturated heterocycles. The van der Waals surface area contributed by atoms with Crippen molar-refractivity contribution in [3.8, 4) is 16.9 Å². The highest BCUT2D eigenvalue weighted by Gasteiger charge is 1.97. The van der Waals surface area contributed by atoms with E-state index in [1.54, 1.807) is 12.1 Å². The Bertz CT molecular complexity index is 426. The lowest BCUT2D eigenvalue weighted by Crippen LogP contribution is -1.81. The van der Waals surface area contributed by atoms with Crippen molar-refractivity contribution >= 4 is 0 Å². The number of aromatic hydroxyl groups is 1. The number of phenols is 1. The first kappa shape index (κ1) is 13.3. The first-order valence-corrected chi connectivity index (χ1v) is 6.18. The minimum atomic E-state index is 0.309. The van der Waals surface area contributed by atoms with Crippen molar-refractivity contribution in [1.29, 1.82) is 0 Å². The largest absolute Gasteiger partial charge is 0.508 e. The fraction of sp³-hybridized carbons (Fsp3) is 0.250. The number of aryl methyl sites for hydroxylation is 1. The van der Waals surface area contributed by atoms with Crippen LogP contribution in [-0.4, -0.2) is 5.11 Å². The van der Waals surface area contributed by atoms with Gasteiger partial charge < -0.3 is 5.11 Å². The molecular formula is C16H20O. The Morgan fingerprint density at radius 2 is 1.18 bits per heavy atom. The zero-order chi connectivity index (χ0) is 12.7. The minimum absolute atomic E-state index is 0.309. The molecule has 0 amide bonds. The lowest BCUT2D eigenvalue weighted by molar-refractivity contribution is 0.475. The van der Waals surface area contributed by atoms with Crippen molar-refractivity contribution in [2.75, 3.05) is 0 Å². The van der Waals surface area contributed by atoms with E-state index in [0.29, 0.717) is 5.75 Å². The first-order chi connectivity index (χ1) is 8.29. The Labute approximate surface area is 104 Å². The third-order valence-electron chi connectivity index (χ3n) is 2.56. The van der Waals surface area contributed by atoms with Crippen LogP contribution in [-0.2, 0) is 6.42 Å². The predicted molar refractivity (Wildman–Crippen MR) is 74.3 cm³/mol. The summed E-state index contributed by atoms with van der Waals surface area (Å²) in [6, 6.07) is 15.8. The van der Waals surface area contributed by atoms with Gasteiger partial charge in [-0.05, 0) is 35.2 Å². The maximum Gasteiger partial charge on any atom is 0.115 e. The van der Waals surface area contributed by atoms with Crippen molar-refractivity contribution in [3.63, 3.8) is 0 Å². The molecule has 1 heteroatoms. The molecule has 0 spiro atoms. The Morgan fingerprint density at radius 3 is 1.59 bits per heavy atom. The molecule has 0 saturated carbocycles. The van der Waals surface area contributed by atoms with E-state index in [4.69, 9.17) is 0 Å². The van der Waals surface area contributed by atoms with Crippen LogP contribution in [0.4, 0.5) is 0 Å². The van der Waals surface area contributed by atoms with Gasteiger partial charge in [-0.2, -0.15) is 0 Å². The van der Waals surface area contributed by atoms with Crippen LogP contribution in [0.25, 0.3) is 11.1 Å². The van der Waals surface area contributed by atoms with Crippen LogP contribution in [0.3, 0.4) is 0 Å². The maximum absolute atomic E-state index is 9.19. The highest BCUT2D eigenvalue weighted by molar-refractivity contribution is 5.64. The zero-order valence-corrected chi connectivity index (χ0v) is 10.8. The summed E-state index contributed by atoms with van der Waals surface area (Å²) in [5.41, 5.74) is 3.67. The van der Waals surface area contributed by atoms with E-state index in [9.17, 15) is 5.11 Å². The van der Waals surface area contributed by atoms with Gasteiger partial charge in [0.15, 0.2) is 0 Å². The zero-order valence-electron chi connectivity index (χ0n) is 10.8. The summed E-state index contributed by atoms with van der Waals surface area (Å²) in [4.78, 5) is 0. The fourth-order valence-corrected chi connectivity index (χ4v) is 1.59. The number of hydrogen-bond acceptors (Lipinski definition) is 1. The molecule has 0 unspecified atom stereocenters. The Hall–Kier alpha value is -1.76. The molecule has 2 aromatic carbocycles. The molecule has 2 rings (SSSR count). The average Bonchev–Trinajstić information content (AvgIpc) is 2.42. The van der Waals surface area contributed by atoms with Crippen LogP contribution in [0.5, 0.6) is 5.75 Å². The molecule has 0 aliphatic rings. The molecule has 90 valence electrons. The summed E-state index contributed by atoms with van der Waals surface area (Å²) in [6.45, 7) is 6.15. The van der Waals surface area contributed by atoms with Crippen LogP contribution in [0, 0.1) is 0 Å². The summed E-state index contributed by atoms with van der Waals surface area (Å²) in [5, 5.41) is 9.19. The minimum Gasteiger partial charge on any atom is -0.508 e. The van der Waals surface area contributed by atoms with Gasteiger partial charge >= 0.3 is 0 Å². The second-order valence-corrected chi connectivity index (χ2v) is 3.60. The first-order valence-electron chi connectivity index (χ1n) is 6.18. The molecule has 0 heterocycles. The number of hydrogen-bond donors (Lipinski definition) is 1. The molecule has 17 heavy (non-hydrogen) atoms. The van der Waals surface area contributed by atoms with Crippen molar-refractivity contribution < 1.29 is 5.11 Å². The normalized spacial score (nSPS) is 9.35. The standard InChI is InChI=1S/C14H14O.C2H6/c1-2-11-3-5-12(6-4-11)13-7-9-14(15)10-8-13;1-2/h3-10,15H,2H2,1H3;1-2H3. The van der Waals surface area contributed by atoms with E-state index in [2.05, 4.69) is 31.2 Å². The predicted octanol–water partition coefficient (Wildman–Crippen LogP) is 4.65. The van der Waals surface area contributed by atoms with Gasteiger partial charge in [0, 0.05) is 0 Å². The molecule has 0 bridgehead atoms. The van der Waals surface area contributed by atoms with E-state index in [1.165, 1.54) is 11.1 Å². The summed E-state index contributed by atoms with van der Waals surface area (Å²) in [5.74, 6) is 0.309. The SMILES string of the molecule is CC.CCc1ccc(-c2ccc(O)cc2)cc1. The molecule has 0 fully saturated rings. The lowest BCUT2D eigenvalue weighted by atomic mass is 10.0. The van der Waals surface area contributed by atoms with Crippen LogP contribution in [0.1, 0.15) is 26.3 Å². The summed E-state index contributed by atoms with van der Waals surface area (Å²) >= 11 is 0. The van der Waals surface area contributed by atoms with Gasteiger partial charge in [0.05, 0.1) is 0 Å². The van der Waals surface area contributed by atoms with Gasteiger partial charge in [-0.3, -0.25) is 0 Å². The molecule has 0 aliphatic heterocycles. The Balaban J connectivity index is 0.000000686. The molecular weight excluding hydrogens is 208 g/mol. The molecule has 0 aromatic heterocycles. The smallest absolute Gasteiger partial charge is 0.115 e. The maximum atomic E-state index is 9.19. The molecule has 0 radical (unpaired) electrons. The highest BCUT2D eigenvalue weighted by atomic mass is 16.3. The molecule has 0 atom stereocenters. The van der Waals surface area contributed by atoms with Gasteiger partial charge in [0.2, 0.25) is 0 Å². The highest BCUT2D eigenvalue weighted by Crippen LogP contribution is 2.22. The summed E-state index contributed by atoms with van der Waals surface area (Å²) in [7, 11) is 0. The van der Waals surface area contributed by atoms with Crippen molar-refractivity contribution in [2.45, 2.75) is 27.2 Å². The summed E-state index contributed by atoms with van der Waals surface area (Å²) < 4.78 is 0. The Morgan fingerprint density at radius 1 is 0.765 bits per heavy atom. The third-order valence-corrected chi connectivity index (χ3v) is 2.56. The summed E-state index contributed by atoms with van der Waals surface area (Å²) in [6.07, 6.45) is 1.07. The van der Waals surface area contributed by atoms with Gasteiger partial charge in [-0.25, -0.2) is 0 Å². The second-order valence-electron chi connectivity index (χ2n) is 3.60.